The number of benzene rings is 1. The number of anilines is 2. The van der Waals surface area contributed by atoms with Crippen molar-refractivity contribution < 1.29 is 9.18 Å². The summed E-state index contributed by atoms with van der Waals surface area (Å²) in [4.78, 5) is 16.6. The van der Waals surface area contributed by atoms with Gasteiger partial charge < -0.3 is 4.57 Å². The van der Waals surface area contributed by atoms with Crippen LogP contribution in [0.15, 0.2) is 42.7 Å². The summed E-state index contributed by atoms with van der Waals surface area (Å²) in [5.41, 5.74) is 1.06. The molecule has 0 spiro atoms. The first-order valence-corrected chi connectivity index (χ1v) is 8.60. The van der Waals surface area contributed by atoms with Crippen LogP contribution in [0.1, 0.15) is 19.9 Å². The van der Waals surface area contributed by atoms with Crippen LogP contribution in [0.2, 0.25) is 0 Å². The highest BCUT2D eigenvalue weighted by Gasteiger charge is 2.15. The Bertz CT molecular complexity index is 1150. The topological polar surface area (TPSA) is 113 Å². The Hall–Kier alpha value is -3.82. The summed E-state index contributed by atoms with van der Waals surface area (Å²) in [7, 11) is 0. The molecule has 142 valence electrons. The largest absolute Gasteiger partial charge is 0.326 e. The third-order valence-electron chi connectivity index (χ3n) is 4.09. The van der Waals surface area contributed by atoms with E-state index in [2.05, 4.69) is 36.0 Å². The van der Waals surface area contributed by atoms with Crippen molar-refractivity contribution in [2.45, 2.75) is 19.9 Å². The molecule has 4 rings (SSSR count). The van der Waals surface area contributed by atoms with Crippen LogP contribution in [0.3, 0.4) is 0 Å². The maximum atomic E-state index is 14.1. The summed E-state index contributed by atoms with van der Waals surface area (Å²) in [5.74, 6) is 0.273. The quantitative estimate of drug-likeness (QED) is 0.501. The van der Waals surface area contributed by atoms with Gasteiger partial charge in [0.2, 0.25) is 0 Å². The van der Waals surface area contributed by atoms with E-state index in [0.29, 0.717) is 11.6 Å². The fraction of sp³-hybridized carbons (Fsp3) is 0.167. The van der Waals surface area contributed by atoms with Gasteiger partial charge >= 0.3 is 6.03 Å². The van der Waals surface area contributed by atoms with E-state index in [4.69, 9.17) is 0 Å². The minimum absolute atomic E-state index is 0.0469. The molecule has 0 saturated heterocycles. The van der Waals surface area contributed by atoms with E-state index in [1.54, 1.807) is 10.9 Å². The third kappa shape index (κ3) is 3.39. The molecule has 3 N–H and O–H groups in total. The number of amides is 2. The lowest BCUT2D eigenvalue weighted by atomic mass is 10.2. The molecule has 0 aliphatic heterocycles. The number of carbonyl (C=O) groups is 1. The van der Waals surface area contributed by atoms with Crippen LogP contribution in [-0.4, -0.2) is 36.0 Å². The van der Waals surface area contributed by atoms with Crippen molar-refractivity contribution in [3.63, 3.8) is 0 Å². The molecule has 10 heteroatoms. The number of halogens is 1. The molecule has 3 heterocycles. The van der Waals surface area contributed by atoms with Crippen LogP contribution in [0.4, 0.5) is 20.8 Å². The highest BCUT2D eigenvalue weighted by atomic mass is 19.1. The van der Waals surface area contributed by atoms with E-state index < -0.39 is 11.8 Å². The molecular formula is C18H17FN8O. The highest BCUT2D eigenvalue weighted by molar-refractivity contribution is 6.04. The first-order chi connectivity index (χ1) is 13.5. The van der Waals surface area contributed by atoms with E-state index >= 15 is 0 Å². The van der Waals surface area contributed by atoms with Crippen molar-refractivity contribution in [1.82, 2.24) is 29.9 Å². The first-order valence-electron chi connectivity index (χ1n) is 8.60. The Morgan fingerprint density at radius 1 is 1.21 bits per heavy atom. The van der Waals surface area contributed by atoms with Gasteiger partial charge in [-0.25, -0.2) is 14.2 Å². The first kappa shape index (κ1) is 17.6. The Labute approximate surface area is 159 Å². The van der Waals surface area contributed by atoms with Crippen LogP contribution >= 0.6 is 0 Å². The van der Waals surface area contributed by atoms with Crippen molar-refractivity contribution in [2.75, 3.05) is 10.6 Å². The molecule has 28 heavy (non-hydrogen) atoms. The predicted octanol–water partition coefficient (Wildman–Crippen LogP) is 3.58. The van der Waals surface area contributed by atoms with E-state index in [0.717, 1.165) is 17.0 Å². The Morgan fingerprint density at radius 2 is 2.04 bits per heavy atom. The number of rotatable bonds is 4. The standard InChI is InChI=1S/C18H17FN8O/c1-10(2)27-9-20-26-17(27)14-7-11(19)8-15(21-14)22-18(28)23-16-12-5-3-4-6-13(12)24-25-16/h3-10H,1-2H3,(H3,21,22,23,24,25,28). The van der Waals surface area contributed by atoms with Crippen LogP contribution in [0, 0.1) is 5.82 Å². The van der Waals surface area contributed by atoms with E-state index in [1.807, 2.05) is 38.1 Å². The number of carbonyl (C=O) groups excluding carboxylic acids is 1. The molecule has 1 aromatic carbocycles. The zero-order valence-electron chi connectivity index (χ0n) is 15.1. The number of para-hydroxylation sites is 1. The van der Waals surface area contributed by atoms with Crippen molar-refractivity contribution in [3.8, 4) is 11.5 Å². The number of hydrogen-bond donors (Lipinski definition) is 3. The average molecular weight is 380 g/mol. The summed E-state index contributed by atoms with van der Waals surface area (Å²) in [6, 6.07) is 9.22. The molecule has 0 aliphatic carbocycles. The number of fused-ring (bicyclic) bond motifs is 1. The van der Waals surface area contributed by atoms with Gasteiger partial charge in [-0.2, -0.15) is 5.10 Å². The normalized spacial score (nSPS) is 11.1. The molecule has 4 aromatic rings. The average Bonchev–Trinajstić information content (AvgIpc) is 3.29. The molecule has 0 bridgehead atoms. The van der Waals surface area contributed by atoms with Gasteiger partial charge in [-0.05, 0) is 26.0 Å². The van der Waals surface area contributed by atoms with Gasteiger partial charge in [0.15, 0.2) is 11.6 Å². The molecule has 0 unspecified atom stereocenters. The van der Waals surface area contributed by atoms with Gasteiger partial charge in [-0.3, -0.25) is 15.7 Å². The van der Waals surface area contributed by atoms with Gasteiger partial charge in [0.1, 0.15) is 23.7 Å². The molecule has 0 radical (unpaired) electrons. The molecule has 9 nitrogen and oxygen atoms in total. The second kappa shape index (κ2) is 7.06. The Balaban J connectivity index is 1.57. The highest BCUT2D eigenvalue weighted by Crippen LogP contribution is 2.22. The lowest BCUT2D eigenvalue weighted by molar-refractivity contribution is 0.262. The van der Waals surface area contributed by atoms with E-state index in [-0.39, 0.29) is 17.6 Å². The van der Waals surface area contributed by atoms with Crippen molar-refractivity contribution in [3.05, 3.63) is 48.5 Å². The van der Waals surface area contributed by atoms with Crippen LogP contribution in [0.5, 0.6) is 0 Å². The Morgan fingerprint density at radius 3 is 2.86 bits per heavy atom. The second-order valence-electron chi connectivity index (χ2n) is 6.41. The zero-order chi connectivity index (χ0) is 19.7. The summed E-state index contributed by atoms with van der Waals surface area (Å²) in [6.07, 6.45) is 1.55. The zero-order valence-corrected chi connectivity index (χ0v) is 15.1. The molecule has 0 atom stereocenters. The molecule has 2 amide bonds. The predicted molar refractivity (Wildman–Crippen MR) is 102 cm³/mol. The van der Waals surface area contributed by atoms with E-state index in [1.165, 1.54) is 6.07 Å². The fourth-order valence-corrected chi connectivity index (χ4v) is 2.79. The number of H-pyrrole nitrogens is 1. The van der Waals surface area contributed by atoms with Crippen molar-refractivity contribution >= 4 is 28.6 Å². The van der Waals surface area contributed by atoms with Gasteiger partial charge in [0.25, 0.3) is 0 Å². The van der Waals surface area contributed by atoms with Gasteiger partial charge in [-0.15, -0.1) is 10.2 Å². The molecule has 0 saturated carbocycles. The third-order valence-corrected chi connectivity index (χ3v) is 4.09. The number of aromatic amines is 1. The monoisotopic (exact) mass is 380 g/mol. The van der Waals surface area contributed by atoms with E-state index in [9.17, 15) is 9.18 Å². The number of aromatic nitrogens is 6. The Kier molecular flexibility index (Phi) is 4.44. The lowest BCUT2D eigenvalue weighted by Gasteiger charge is -2.11. The summed E-state index contributed by atoms with van der Waals surface area (Å²) in [5, 5.41) is 20.7. The number of nitrogens with zero attached hydrogens (tertiary/aromatic N) is 5. The van der Waals surface area contributed by atoms with Crippen molar-refractivity contribution in [2.24, 2.45) is 0 Å². The van der Waals surface area contributed by atoms with Gasteiger partial charge in [0.05, 0.1) is 5.52 Å². The van der Waals surface area contributed by atoms with Crippen LogP contribution < -0.4 is 10.6 Å². The second-order valence-corrected chi connectivity index (χ2v) is 6.41. The summed E-state index contributed by atoms with van der Waals surface area (Å²) < 4.78 is 15.9. The summed E-state index contributed by atoms with van der Waals surface area (Å²) in [6.45, 7) is 3.90. The number of hydrogen-bond acceptors (Lipinski definition) is 5. The van der Waals surface area contributed by atoms with Crippen LogP contribution in [-0.2, 0) is 0 Å². The maximum Gasteiger partial charge on any atom is 0.326 e. The molecular weight excluding hydrogens is 363 g/mol. The number of pyridine rings is 1. The molecule has 0 fully saturated rings. The van der Waals surface area contributed by atoms with Crippen LogP contribution in [0.25, 0.3) is 22.4 Å². The fourth-order valence-electron chi connectivity index (χ4n) is 2.79. The number of urea groups is 1. The minimum Gasteiger partial charge on any atom is -0.310 e. The SMILES string of the molecule is CC(C)n1cnnc1-c1cc(F)cc(NC(=O)Nc2n[nH]c3ccccc23)n1. The van der Waals surface area contributed by atoms with Gasteiger partial charge in [0, 0.05) is 23.6 Å². The van der Waals surface area contributed by atoms with Gasteiger partial charge in [-0.1, -0.05) is 12.1 Å². The number of nitrogens with one attached hydrogen (secondary N) is 3. The maximum absolute atomic E-state index is 14.1. The summed E-state index contributed by atoms with van der Waals surface area (Å²) >= 11 is 0. The lowest BCUT2D eigenvalue weighted by Crippen LogP contribution is -2.20. The smallest absolute Gasteiger partial charge is 0.310 e. The molecule has 0 aliphatic rings. The molecule has 3 aromatic heterocycles. The minimum atomic E-state index is -0.591. The van der Waals surface area contributed by atoms with Crippen molar-refractivity contribution in [1.29, 1.82) is 0 Å².